The molecule has 2 aromatic rings. The van der Waals surface area contributed by atoms with E-state index in [9.17, 15) is 4.79 Å². The smallest absolute Gasteiger partial charge is 0.234 e. The van der Waals surface area contributed by atoms with Gasteiger partial charge >= 0.3 is 0 Å². The summed E-state index contributed by atoms with van der Waals surface area (Å²) in [5, 5.41) is 11.2. The van der Waals surface area contributed by atoms with Crippen LogP contribution in [-0.2, 0) is 17.9 Å². The summed E-state index contributed by atoms with van der Waals surface area (Å²) in [6.45, 7) is 8.72. The van der Waals surface area contributed by atoms with E-state index in [1.54, 1.807) is 9.36 Å². The summed E-state index contributed by atoms with van der Waals surface area (Å²) in [4.78, 5) is 13.9. The average Bonchev–Trinajstić information content (AvgIpc) is 2.92. The van der Waals surface area contributed by atoms with E-state index in [0.29, 0.717) is 11.4 Å². The molecule has 0 radical (unpaired) electrons. The van der Waals surface area contributed by atoms with Crippen molar-refractivity contribution in [3.05, 3.63) is 34.6 Å². The van der Waals surface area contributed by atoms with Gasteiger partial charge in [0.05, 0.1) is 18.9 Å². The summed E-state index contributed by atoms with van der Waals surface area (Å²) in [6, 6.07) is 8.24. The Hall–Kier alpha value is -2.06. The van der Waals surface area contributed by atoms with E-state index in [2.05, 4.69) is 34.8 Å². The van der Waals surface area contributed by atoms with E-state index in [0.717, 1.165) is 12.1 Å². The molecule has 0 aliphatic carbocycles. The number of rotatable bonds is 8. The first-order valence-corrected chi connectivity index (χ1v) is 9.72. The van der Waals surface area contributed by atoms with Gasteiger partial charge in [-0.15, -0.1) is 0 Å². The maximum Gasteiger partial charge on any atom is 0.234 e. The van der Waals surface area contributed by atoms with Crippen molar-refractivity contribution >= 4 is 18.1 Å². The number of aryl methyl sites for hydroxylation is 1. The zero-order chi connectivity index (χ0) is 20.0. The third kappa shape index (κ3) is 6.55. The fourth-order valence-corrected chi connectivity index (χ4v) is 2.93. The molecular formula is C19H30N6OS. The molecular weight excluding hydrogens is 360 g/mol. The zero-order valence-corrected chi connectivity index (χ0v) is 17.7. The Bertz CT molecular complexity index is 803. The van der Waals surface area contributed by atoms with E-state index in [4.69, 9.17) is 12.2 Å². The molecule has 8 heteroatoms. The van der Waals surface area contributed by atoms with Gasteiger partial charge < -0.3 is 5.32 Å². The molecule has 1 amide bonds. The molecule has 27 heavy (non-hydrogen) atoms. The van der Waals surface area contributed by atoms with Crippen molar-refractivity contribution in [2.24, 2.45) is 0 Å². The van der Waals surface area contributed by atoms with Crippen molar-refractivity contribution < 1.29 is 4.79 Å². The van der Waals surface area contributed by atoms with Crippen LogP contribution in [0.25, 0.3) is 5.69 Å². The Kier molecular flexibility index (Phi) is 7.26. The number of nitrogens with one attached hydrogen (secondary N) is 1. The third-order valence-corrected chi connectivity index (χ3v) is 4.33. The molecule has 0 aliphatic heterocycles. The number of amides is 1. The highest BCUT2D eigenvalue weighted by molar-refractivity contribution is 7.71. The molecule has 148 valence electrons. The lowest BCUT2D eigenvalue weighted by molar-refractivity contribution is -0.123. The minimum absolute atomic E-state index is 0.0356. The molecule has 0 unspecified atom stereocenters. The number of tetrazole rings is 1. The Morgan fingerprint density at radius 1 is 1.22 bits per heavy atom. The lowest BCUT2D eigenvalue weighted by atomic mass is 10.1. The second-order valence-corrected chi connectivity index (χ2v) is 8.26. The Labute approximate surface area is 166 Å². The predicted octanol–water partition coefficient (Wildman–Crippen LogP) is 2.94. The average molecular weight is 391 g/mol. The van der Waals surface area contributed by atoms with Gasteiger partial charge in [0.2, 0.25) is 10.7 Å². The largest absolute Gasteiger partial charge is 0.350 e. The van der Waals surface area contributed by atoms with E-state index in [1.165, 1.54) is 18.4 Å². The number of carbonyl (C=O) groups is 1. The van der Waals surface area contributed by atoms with Crippen LogP contribution in [0.4, 0.5) is 0 Å². The molecule has 0 saturated carbocycles. The quantitative estimate of drug-likeness (QED) is 0.702. The van der Waals surface area contributed by atoms with Gasteiger partial charge in [-0.25, -0.2) is 4.68 Å². The fourth-order valence-electron chi connectivity index (χ4n) is 2.69. The van der Waals surface area contributed by atoms with Gasteiger partial charge in [0.15, 0.2) is 0 Å². The van der Waals surface area contributed by atoms with Crippen LogP contribution in [0.2, 0.25) is 0 Å². The maximum absolute atomic E-state index is 12.0. The highest BCUT2D eigenvalue weighted by atomic mass is 32.1. The summed E-state index contributed by atoms with van der Waals surface area (Å²) >= 11 is 5.50. The van der Waals surface area contributed by atoms with E-state index >= 15 is 0 Å². The molecule has 2 rings (SSSR count). The Morgan fingerprint density at radius 2 is 1.89 bits per heavy atom. The molecule has 0 atom stereocenters. The van der Waals surface area contributed by atoms with Crippen molar-refractivity contribution in [1.82, 2.24) is 30.0 Å². The van der Waals surface area contributed by atoms with Gasteiger partial charge in [0.25, 0.3) is 0 Å². The van der Waals surface area contributed by atoms with Crippen LogP contribution in [0.5, 0.6) is 0 Å². The van der Waals surface area contributed by atoms with Gasteiger partial charge in [0, 0.05) is 5.54 Å². The van der Waals surface area contributed by atoms with E-state index < -0.39 is 0 Å². The van der Waals surface area contributed by atoms with Crippen LogP contribution >= 0.6 is 12.2 Å². The number of nitrogens with zero attached hydrogens (tertiary/aromatic N) is 5. The molecule has 0 fully saturated rings. The summed E-state index contributed by atoms with van der Waals surface area (Å²) in [5.41, 5.74) is 1.95. The first-order valence-electron chi connectivity index (χ1n) is 9.31. The van der Waals surface area contributed by atoms with Gasteiger partial charge in [-0.2, -0.15) is 4.68 Å². The first kappa shape index (κ1) is 21.2. The summed E-state index contributed by atoms with van der Waals surface area (Å²) < 4.78 is 3.76. The minimum Gasteiger partial charge on any atom is -0.350 e. The van der Waals surface area contributed by atoms with Crippen LogP contribution in [0.3, 0.4) is 0 Å². The SMILES string of the molecule is CCCCc1ccc(-n2nnn(CN(C)CC(=O)NC(C)(C)C)c2=S)cc1. The molecule has 0 aliphatic rings. The van der Waals surface area contributed by atoms with Crippen LogP contribution in [0.15, 0.2) is 24.3 Å². The standard InChI is InChI=1S/C19H30N6OS/c1-6-7-8-15-9-11-16(12-10-15)25-18(27)24(21-22-25)14-23(5)13-17(26)20-19(2,3)4/h9-12H,6-8,13-14H2,1-5H3,(H,20,26). The van der Waals surface area contributed by atoms with Gasteiger partial charge in [-0.3, -0.25) is 9.69 Å². The third-order valence-electron chi connectivity index (χ3n) is 3.94. The number of carbonyl (C=O) groups excluding carboxylic acids is 1. The maximum atomic E-state index is 12.0. The number of likely N-dealkylation sites (N-methyl/N-ethyl adjacent to an activating group) is 1. The van der Waals surface area contributed by atoms with Gasteiger partial charge in [-0.1, -0.05) is 25.5 Å². The minimum atomic E-state index is -0.249. The summed E-state index contributed by atoms with van der Waals surface area (Å²) in [7, 11) is 1.85. The number of hydrogen-bond donors (Lipinski definition) is 1. The zero-order valence-electron chi connectivity index (χ0n) is 16.9. The molecule has 1 aromatic heterocycles. The molecule has 0 saturated heterocycles. The fraction of sp³-hybridized carbons (Fsp3) is 0.579. The normalized spacial score (nSPS) is 11.8. The van der Waals surface area contributed by atoms with Crippen LogP contribution in [0, 0.1) is 4.77 Å². The molecule has 1 N–H and O–H groups in total. The number of unbranched alkanes of at least 4 members (excludes halogenated alkanes) is 1. The molecule has 0 bridgehead atoms. The van der Waals surface area contributed by atoms with Crippen molar-refractivity contribution in [2.75, 3.05) is 13.6 Å². The summed E-state index contributed by atoms with van der Waals surface area (Å²) in [5.74, 6) is -0.0356. The van der Waals surface area contributed by atoms with Crippen molar-refractivity contribution in [2.45, 2.75) is 59.2 Å². The van der Waals surface area contributed by atoms with E-state index in [1.807, 2.05) is 44.9 Å². The number of hydrogen-bond acceptors (Lipinski definition) is 5. The predicted molar refractivity (Wildman–Crippen MR) is 109 cm³/mol. The second kappa shape index (κ2) is 9.23. The van der Waals surface area contributed by atoms with Crippen molar-refractivity contribution in [3.8, 4) is 5.69 Å². The topological polar surface area (TPSA) is 68.0 Å². The van der Waals surface area contributed by atoms with Crippen molar-refractivity contribution in [3.63, 3.8) is 0 Å². The summed E-state index contributed by atoms with van der Waals surface area (Å²) in [6.07, 6.45) is 3.45. The monoisotopic (exact) mass is 390 g/mol. The van der Waals surface area contributed by atoms with Gasteiger partial charge in [-0.05, 0) is 81.0 Å². The molecule has 1 aromatic carbocycles. The molecule has 0 spiro atoms. The lowest BCUT2D eigenvalue weighted by Gasteiger charge is -2.23. The van der Waals surface area contributed by atoms with Gasteiger partial charge in [0.1, 0.15) is 0 Å². The van der Waals surface area contributed by atoms with Crippen LogP contribution in [0.1, 0.15) is 46.1 Å². The number of aromatic nitrogens is 4. The Morgan fingerprint density at radius 3 is 2.48 bits per heavy atom. The van der Waals surface area contributed by atoms with Crippen LogP contribution < -0.4 is 5.32 Å². The van der Waals surface area contributed by atoms with Crippen molar-refractivity contribution in [1.29, 1.82) is 0 Å². The molecule has 1 heterocycles. The highest BCUT2D eigenvalue weighted by Gasteiger charge is 2.16. The molecule has 7 nitrogen and oxygen atoms in total. The van der Waals surface area contributed by atoms with E-state index in [-0.39, 0.29) is 18.0 Å². The highest BCUT2D eigenvalue weighted by Crippen LogP contribution is 2.11. The van der Waals surface area contributed by atoms with Crippen LogP contribution in [-0.4, -0.2) is 49.7 Å². The second-order valence-electron chi connectivity index (χ2n) is 7.90. The number of benzene rings is 1. The lowest BCUT2D eigenvalue weighted by Crippen LogP contribution is -2.45. The first-order chi connectivity index (χ1) is 12.7. The Balaban J connectivity index is 2.02.